The topological polar surface area (TPSA) is 54.0 Å². The highest BCUT2D eigenvalue weighted by atomic mass is 17.3. The first-order chi connectivity index (χ1) is 9.44. The summed E-state index contributed by atoms with van der Waals surface area (Å²) in [5, 5.41) is 0. The largest absolute Gasteiger partial charge is 0.335 e. The molecule has 7 atom stereocenters. The van der Waals surface area contributed by atoms with Crippen LogP contribution in [0.15, 0.2) is 0 Å². The first-order valence-electron chi connectivity index (χ1n) is 7.62. The standard InChI is InChI=1S/C15H22O5/c1-9-4-5-11-13(2,8-16)17-12-15(11)10(9)6-7-14(3,18-12)19-20-15/h8-12H,4-7H2,1-3H3/t9-,10+,11+,12-,13-,14-,15-/m1/s1. The summed E-state index contributed by atoms with van der Waals surface area (Å²) < 4.78 is 12.1. The van der Waals surface area contributed by atoms with Crippen LogP contribution >= 0.6 is 0 Å². The average Bonchev–Trinajstić information content (AvgIpc) is 2.51. The molecular weight excluding hydrogens is 260 g/mol. The first-order valence-corrected chi connectivity index (χ1v) is 7.62. The predicted molar refractivity (Wildman–Crippen MR) is 68.3 cm³/mol. The van der Waals surface area contributed by atoms with Gasteiger partial charge in [-0.3, -0.25) is 0 Å². The Kier molecular flexibility index (Phi) is 2.52. The third-order valence-corrected chi connectivity index (χ3v) is 6.01. The minimum atomic E-state index is -0.838. The number of ether oxygens (including phenoxy) is 2. The Bertz CT molecular complexity index is 454. The molecule has 2 bridgehead atoms. The van der Waals surface area contributed by atoms with E-state index in [1.165, 1.54) is 0 Å². The molecule has 0 radical (unpaired) electrons. The van der Waals surface area contributed by atoms with Crippen LogP contribution in [0.5, 0.6) is 0 Å². The molecule has 0 amide bonds. The van der Waals surface area contributed by atoms with Crippen LogP contribution in [0.25, 0.3) is 0 Å². The van der Waals surface area contributed by atoms with Gasteiger partial charge in [-0.2, -0.15) is 0 Å². The minimum Gasteiger partial charge on any atom is -0.335 e. The molecule has 0 unspecified atom stereocenters. The number of fused-ring (bicyclic) bond motifs is 2. The number of rotatable bonds is 1. The van der Waals surface area contributed by atoms with E-state index in [1.807, 2.05) is 13.8 Å². The van der Waals surface area contributed by atoms with Gasteiger partial charge in [0.1, 0.15) is 5.60 Å². The van der Waals surface area contributed by atoms with Crippen molar-refractivity contribution in [2.45, 2.75) is 69.7 Å². The number of hydrogen-bond donors (Lipinski definition) is 0. The zero-order chi connectivity index (χ0) is 14.2. The van der Waals surface area contributed by atoms with Crippen molar-refractivity contribution < 1.29 is 24.0 Å². The summed E-state index contributed by atoms with van der Waals surface area (Å²) >= 11 is 0. The van der Waals surface area contributed by atoms with Crippen molar-refractivity contribution in [2.24, 2.45) is 17.8 Å². The Morgan fingerprint density at radius 3 is 2.65 bits per heavy atom. The van der Waals surface area contributed by atoms with E-state index in [4.69, 9.17) is 19.2 Å². The molecule has 0 aromatic rings. The Morgan fingerprint density at radius 2 is 1.90 bits per heavy atom. The van der Waals surface area contributed by atoms with E-state index >= 15 is 0 Å². The molecule has 4 aliphatic heterocycles. The lowest BCUT2D eigenvalue weighted by atomic mass is 9.60. The Morgan fingerprint density at radius 1 is 1.10 bits per heavy atom. The van der Waals surface area contributed by atoms with Gasteiger partial charge >= 0.3 is 0 Å². The highest BCUT2D eigenvalue weighted by molar-refractivity contribution is 5.64. The molecule has 0 aromatic carbocycles. The maximum atomic E-state index is 11.6. The predicted octanol–water partition coefficient (Wildman–Crippen LogP) is 2.19. The maximum absolute atomic E-state index is 11.6. The van der Waals surface area contributed by atoms with Crippen molar-refractivity contribution in [2.75, 3.05) is 0 Å². The molecule has 4 heterocycles. The fourth-order valence-corrected chi connectivity index (χ4v) is 4.86. The Hall–Kier alpha value is -0.490. The van der Waals surface area contributed by atoms with E-state index in [-0.39, 0.29) is 5.92 Å². The molecule has 4 saturated heterocycles. The second kappa shape index (κ2) is 3.83. The third-order valence-electron chi connectivity index (χ3n) is 6.01. The van der Waals surface area contributed by atoms with Crippen LogP contribution in [0.2, 0.25) is 0 Å². The van der Waals surface area contributed by atoms with Gasteiger partial charge in [-0.05, 0) is 44.9 Å². The number of aldehydes is 1. The second-order valence-corrected chi connectivity index (χ2v) is 7.28. The maximum Gasteiger partial charge on any atom is 0.201 e. The molecule has 5 fully saturated rings. The highest BCUT2D eigenvalue weighted by Gasteiger charge is 2.74. The van der Waals surface area contributed by atoms with Gasteiger partial charge in [0.2, 0.25) is 5.79 Å². The zero-order valence-corrected chi connectivity index (χ0v) is 12.3. The first kappa shape index (κ1) is 13.2. The van der Waals surface area contributed by atoms with Crippen LogP contribution in [-0.4, -0.2) is 29.6 Å². The van der Waals surface area contributed by atoms with Crippen molar-refractivity contribution in [3.8, 4) is 0 Å². The molecule has 5 heteroatoms. The zero-order valence-electron chi connectivity index (χ0n) is 12.3. The van der Waals surface area contributed by atoms with E-state index in [2.05, 4.69) is 6.92 Å². The van der Waals surface area contributed by atoms with E-state index in [9.17, 15) is 4.79 Å². The number of hydrogen-bond acceptors (Lipinski definition) is 5. The van der Waals surface area contributed by atoms with Gasteiger partial charge in [0.15, 0.2) is 18.2 Å². The molecule has 5 aliphatic rings. The molecule has 112 valence electrons. The fourth-order valence-electron chi connectivity index (χ4n) is 4.86. The fraction of sp³-hybridized carbons (Fsp3) is 0.933. The monoisotopic (exact) mass is 282 g/mol. The number of carbonyl (C=O) groups excluding carboxylic acids is 1. The summed E-state index contributed by atoms with van der Waals surface area (Å²) in [7, 11) is 0. The smallest absolute Gasteiger partial charge is 0.201 e. The van der Waals surface area contributed by atoms with E-state index in [0.29, 0.717) is 11.8 Å². The SMILES string of the molecule is C[C@@H]1CC[C@@H]2[C@]34OO[C@](C)(CC[C@@H]13)O[C@H]4O[C@]2(C)C=O. The summed E-state index contributed by atoms with van der Waals surface area (Å²) in [5.41, 5.74) is -1.46. The van der Waals surface area contributed by atoms with Crippen molar-refractivity contribution in [1.29, 1.82) is 0 Å². The van der Waals surface area contributed by atoms with Crippen LogP contribution in [0.3, 0.4) is 0 Å². The van der Waals surface area contributed by atoms with E-state index < -0.39 is 23.3 Å². The molecule has 0 aromatic heterocycles. The summed E-state index contributed by atoms with van der Waals surface area (Å²) in [4.78, 5) is 23.2. The molecular formula is C15H22O5. The molecule has 5 nitrogen and oxygen atoms in total. The number of carbonyl (C=O) groups is 1. The van der Waals surface area contributed by atoms with Crippen molar-refractivity contribution in [3.05, 3.63) is 0 Å². The van der Waals surface area contributed by atoms with Gasteiger partial charge < -0.3 is 14.3 Å². The average molecular weight is 282 g/mol. The van der Waals surface area contributed by atoms with Gasteiger partial charge in [0, 0.05) is 12.3 Å². The second-order valence-electron chi connectivity index (χ2n) is 7.28. The molecule has 0 N–H and O–H groups in total. The Balaban J connectivity index is 1.85. The van der Waals surface area contributed by atoms with Crippen LogP contribution in [-0.2, 0) is 24.0 Å². The van der Waals surface area contributed by atoms with Gasteiger partial charge in [-0.15, -0.1) is 0 Å². The Labute approximate surface area is 118 Å². The molecule has 1 saturated carbocycles. The molecule has 1 spiro atoms. The third kappa shape index (κ3) is 1.39. The summed E-state index contributed by atoms with van der Waals surface area (Å²) in [6.07, 6.45) is 4.20. The van der Waals surface area contributed by atoms with Gasteiger partial charge in [0.05, 0.1) is 0 Å². The van der Waals surface area contributed by atoms with Crippen LogP contribution in [0.4, 0.5) is 0 Å². The normalized spacial score (nSPS) is 61.0. The minimum absolute atomic E-state index is 0.00125. The lowest BCUT2D eigenvalue weighted by molar-refractivity contribution is -0.541. The van der Waals surface area contributed by atoms with Gasteiger partial charge in [-0.25, -0.2) is 9.78 Å². The van der Waals surface area contributed by atoms with Crippen molar-refractivity contribution in [1.82, 2.24) is 0 Å². The summed E-state index contributed by atoms with van der Waals surface area (Å²) in [6, 6.07) is 0. The van der Waals surface area contributed by atoms with Crippen molar-refractivity contribution in [3.63, 3.8) is 0 Å². The molecule has 5 rings (SSSR count). The van der Waals surface area contributed by atoms with Gasteiger partial charge in [0.25, 0.3) is 0 Å². The highest BCUT2D eigenvalue weighted by Crippen LogP contribution is 2.62. The van der Waals surface area contributed by atoms with Gasteiger partial charge in [-0.1, -0.05) is 6.92 Å². The molecule has 20 heavy (non-hydrogen) atoms. The van der Waals surface area contributed by atoms with E-state index in [0.717, 1.165) is 32.0 Å². The molecule has 1 aliphatic carbocycles. The quantitative estimate of drug-likeness (QED) is 0.545. The van der Waals surface area contributed by atoms with Crippen LogP contribution in [0, 0.1) is 17.8 Å². The van der Waals surface area contributed by atoms with E-state index in [1.54, 1.807) is 0 Å². The summed E-state index contributed by atoms with van der Waals surface area (Å²) in [5.74, 6) is 0.0868. The lowest BCUT2D eigenvalue weighted by Gasteiger charge is -2.50. The van der Waals surface area contributed by atoms with Crippen molar-refractivity contribution >= 4 is 6.29 Å². The van der Waals surface area contributed by atoms with Crippen LogP contribution < -0.4 is 0 Å². The van der Waals surface area contributed by atoms with Crippen LogP contribution in [0.1, 0.15) is 46.5 Å². The lowest BCUT2D eigenvalue weighted by Crippen LogP contribution is -2.61. The summed E-state index contributed by atoms with van der Waals surface area (Å²) in [6.45, 7) is 5.99.